The zero-order chi connectivity index (χ0) is 15.0. The third kappa shape index (κ3) is 2.61. The third-order valence-electron chi connectivity index (χ3n) is 3.15. The van der Waals surface area contributed by atoms with Crippen LogP contribution in [0.1, 0.15) is 5.82 Å². The Morgan fingerprint density at radius 3 is 2.62 bits per heavy atom. The van der Waals surface area contributed by atoms with E-state index in [2.05, 4.69) is 4.98 Å². The van der Waals surface area contributed by atoms with Crippen LogP contribution in [0.4, 0.5) is 8.78 Å². The Kier molecular flexibility index (Phi) is 3.83. The average molecular weight is 327 g/mol. The van der Waals surface area contributed by atoms with Gasteiger partial charge in [-0.05, 0) is 30.3 Å². The summed E-state index contributed by atoms with van der Waals surface area (Å²) >= 11 is 11.8. The van der Waals surface area contributed by atoms with Crippen LogP contribution in [0.25, 0.3) is 16.7 Å². The molecule has 0 unspecified atom stereocenters. The first-order valence-electron chi connectivity index (χ1n) is 6.28. The van der Waals surface area contributed by atoms with Gasteiger partial charge in [-0.3, -0.25) is 4.57 Å². The van der Waals surface area contributed by atoms with Gasteiger partial charge in [0.05, 0.1) is 16.7 Å². The predicted molar refractivity (Wildman–Crippen MR) is 80.4 cm³/mol. The second-order valence-corrected chi connectivity index (χ2v) is 5.35. The lowest BCUT2D eigenvalue weighted by Gasteiger charge is -2.10. The highest BCUT2D eigenvalue weighted by Gasteiger charge is 2.15. The summed E-state index contributed by atoms with van der Waals surface area (Å²) in [5, 5.41) is 0.517. The monoisotopic (exact) mass is 326 g/mol. The molecule has 3 aromatic rings. The van der Waals surface area contributed by atoms with Gasteiger partial charge in [0.25, 0.3) is 0 Å². The van der Waals surface area contributed by atoms with Gasteiger partial charge in [-0.2, -0.15) is 0 Å². The number of alkyl halides is 1. The van der Waals surface area contributed by atoms with Crippen LogP contribution < -0.4 is 0 Å². The molecule has 0 aliphatic rings. The topological polar surface area (TPSA) is 17.8 Å². The number of halogens is 4. The molecule has 0 aliphatic heterocycles. The van der Waals surface area contributed by atoms with Crippen LogP contribution in [0, 0.1) is 11.6 Å². The molecule has 0 spiro atoms. The summed E-state index contributed by atoms with van der Waals surface area (Å²) in [6, 6.07) is 8.60. The van der Waals surface area contributed by atoms with E-state index in [0.29, 0.717) is 34.2 Å². The Balaban J connectivity index is 2.32. The molecule has 0 amide bonds. The molecular formula is C15H10Cl2F2N2. The number of fused-ring (bicyclic) bond motifs is 1. The van der Waals surface area contributed by atoms with Crippen LogP contribution in [0.5, 0.6) is 0 Å². The Morgan fingerprint density at radius 1 is 1.10 bits per heavy atom. The SMILES string of the molecule is Fc1ccc(-n2c(CCCl)nc3ccc(Cl)cc32)c(F)c1. The van der Waals surface area contributed by atoms with Crippen LogP contribution in [0.15, 0.2) is 36.4 Å². The van der Waals surface area contributed by atoms with E-state index >= 15 is 0 Å². The second kappa shape index (κ2) is 5.62. The Hall–Kier alpha value is -1.65. The van der Waals surface area contributed by atoms with Crippen molar-refractivity contribution in [2.75, 3.05) is 5.88 Å². The van der Waals surface area contributed by atoms with Crippen molar-refractivity contribution in [1.82, 2.24) is 9.55 Å². The minimum atomic E-state index is -0.662. The molecule has 0 aliphatic carbocycles. The number of nitrogens with zero attached hydrogens (tertiary/aromatic N) is 2. The van der Waals surface area contributed by atoms with Gasteiger partial charge in [-0.15, -0.1) is 11.6 Å². The smallest absolute Gasteiger partial charge is 0.150 e. The van der Waals surface area contributed by atoms with Gasteiger partial charge in [0, 0.05) is 23.4 Å². The van der Waals surface area contributed by atoms with Crippen molar-refractivity contribution in [3.63, 3.8) is 0 Å². The average Bonchev–Trinajstić information content (AvgIpc) is 2.77. The van der Waals surface area contributed by atoms with Gasteiger partial charge in [0.15, 0.2) is 0 Å². The molecule has 3 rings (SSSR count). The molecule has 0 atom stereocenters. The molecule has 0 radical (unpaired) electrons. The maximum Gasteiger partial charge on any atom is 0.150 e. The van der Waals surface area contributed by atoms with Gasteiger partial charge in [-0.1, -0.05) is 11.6 Å². The quantitative estimate of drug-likeness (QED) is 0.636. The Morgan fingerprint density at radius 2 is 1.90 bits per heavy atom. The standard InChI is InChI=1S/C15H10Cl2F2N2/c16-6-5-15-20-12-3-1-9(17)7-14(12)21(15)13-4-2-10(18)8-11(13)19/h1-4,7-8H,5-6H2. The van der Waals surface area contributed by atoms with Crippen molar-refractivity contribution in [1.29, 1.82) is 0 Å². The first-order chi connectivity index (χ1) is 10.1. The van der Waals surface area contributed by atoms with Crippen molar-refractivity contribution < 1.29 is 8.78 Å². The molecule has 0 saturated carbocycles. The fraction of sp³-hybridized carbons (Fsp3) is 0.133. The molecule has 0 fully saturated rings. The van der Waals surface area contributed by atoms with Crippen LogP contribution >= 0.6 is 23.2 Å². The summed E-state index contributed by atoms with van der Waals surface area (Å²) in [7, 11) is 0. The van der Waals surface area contributed by atoms with Crippen LogP contribution in [-0.2, 0) is 6.42 Å². The van der Waals surface area contributed by atoms with Crippen molar-refractivity contribution in [3.8, 4) is 5.69 Å². The fourth-order valence-corrected chi connectivity index (χ4v) is 2.62. The number of hydrogen-bond donors (Lipinski definition) is 0. The van der Waals surface area contributed by atoms with E-state index in [1.54, 1.807) is 22.8 Å². The normalized spacial score (nSPS) is 11.2. The highest BCUT2D eigenvalue weighted by molar-refractivity contribution is 6.31. The summed E-state index contributed by atoms with van der Waals surface area (Å²) in [4.78, 5) is 4.44. The van der Waals surface area contributed by atoms with Gasteiger partial charge < -0.3 is 0 Å². The second-order valence-electron chi connectivity index (χ2n) is 4.53. The van der Waals surface area contributed by atoms with E-state index in [4.69, 9.17) is 23.2 Å². The van der Waals surface area contributed by atoms with E-state index in [1.165, 1.54) is 12.1 Å². The zero-order valence-corrected chi connectivity index (χ0v) is 12.3. The van der Waals surface area contributed by atoms with Gasteiger partial charge >= 0.3 is 0 Å². The highest BCUT2D eigenvalue weighted by atomic mass is 35.5. The Labute approximate surface area is 129 Å². The lowest BCUT2D eigenvalue weighted by atomic mass is 10.2. The first kappa shape index (κ1) is 14.3. The number of hydrogen-bond acceptors (Lipinski definition) is 1. The number of benzene rings is 2. The van der Waals surface area contributed by atoms with Crippen LogP contribution in [-0.4, -0.2) is 15.4 Å². The summed E-state index contributed by atoms with van der Waals surface area (Å²) in [5.74, 6) is -0.338. The van der Waals surface area contributed by atoms with Crippen molar-refractivity contribution in [2.45, 2.75) is 6.42 Å². The van der Waals surface area contributed by atoms with E-state index in [9.17, 15) is 8.78 Å². The van der Waals surface area contributed by atoms with Crippen LogP contribution in [0.2, 0.25) is 5.02 Å². The van der Waals surface area contributed by atoms with E-state index in [-0.39, 0.29) is 5.69 Å². The number of aromatic nitrogens is 2. The zero-order valence-electron chi connectivity index (χ0n) is 10.8. The van der Waals surface area contributed by atoms with Gasteiger partial charge in [0.2, 0.25) is 0 Å². The van der Waals surface area contributed by atoms with E-state index < -0.39 is 11.6 Å². The molecule has 21 heavy (non-hydrogen) atoms. The van der Waals surface area contributed by atoms with Crippen molar-refractivity contribution in [2.24, 2.45) is 0 Å². The number of aryl methyl sites for hydroxylation is 1. The minimum absolute atomic E-state index is 0.223. The maximum absolute atomic E-state index is 14.1. The molecule has 0 N–H and O–H groups in total. The van der Waals surface area contributed by atoms with E-state index in [0.717, 1.165) is 6.07 Å². The number of rotatable bonds is 3. The van der Waals surface area contributed by atoms with E-state index in [1.807, 2.05) is 0 Å². The third-order valence-corrected chi connectivity index (χ3v) is 3.58. The molecule has 6 heteroatoms. The van der Waals surface area contributed by atoms with Crippen molar-refractivity contribution >= 4 is 34.2 Å². The lowest BCUT2D eigenvalue weighted by molar-refractivity contribution is 0.577. The summed E-state index contributed by atoms with van der Waals surface area (Å²) in [6.45, 7) is 0. The van der Waals surface area contributed by atoms with Crippen molar-refractivity contribution in [3.05, 3.63) is 58.9 Å². The summed E-state index contributed by atoms with van der Waals surface area (Å²) in [5.41, 5.74) is 1.57. The maximum atomic E-state index is 14.1. The van der Waals surface area contributed by atoms with Gasteiger partial charge in [-0.25, -0.2) is 13.8 Å². The molecule has 1 aromatic heterocycles. The fourth-order valence-electron chi connectivity index (χ4n) is 2.28. The minimum Gasteiger partial charge on any atom is -0.293 e. The largest absolute Gasteiger partial charge is 0.293 e. The van der Waals surface area contributed by atoms with Gasteiger partial charge in [0.1, 0.15) is 17.5 Å². The molecule has 1 heterocycles. The molecule has 108 valence electrons. The molecule has 0 saturated heterocycles. The highest BCUT2D eigenvalue weighted by Crippen LogP contribution is 2.26. The first-order valence-corrected chi connectivity index (χ1v) is 7.19. The molecule has 2 aromatic carbocycles. The summed E-state index contributed by atoms with van der Waals surface area (Å²) in [6.07, 6.45) is 0.463. The molecule has 2 nitrogen and oxygen atoms in total. The lowest BCUT2D eigenvalue weighted by Crippen LogP contribution is -2.04. The Bertz CT molecular complexity index is 815. The summed E-state index contributed by atoms with van der Waals surface area (Å²) < 4.78 is 28.8. The number of imidazole rings is 1. The molecule has 0 bridgehead atoms. The predicted octanol–water partition coefficient (Wildman–Crippen LogP) is 4.74. The molecular weight excluding hydrogens is 317 g/mol. The van der Waals surface area contributed by atoms with Crippen LogP contribution in [0.3, 0.4) is 0 Å².